The fourth-order valence-corrected chi connectivity index (χ4v) is 2.58. The van der Waals surface area contributed by atoms with Gasteiger partial charge in [-0.05, 0) is 30.2 Å². The van der Waals surface area contributed by atoms with Crippen molar-refractivity contribution in [2.45, 2.75) is 19.4 Å². The Morgan fingerprint density at radius 3 is 2.74 bits per heavy atom. The van der Waals surface area contributed by atoms with Gasteiger partial charge in [-0.15, -0.1) is 0 Å². The molecule has 1 aliphatic rings. The lowest BCUT2D eigenvalue weighted by atomic mass is 9.97. The molecule has 98 valence electrons. The topological polar surface area (TPSA) is 35.2 Å². The first-order valence-corrected chi connectivity index (χ1v) is 6.45. The first-order chi connectivity index (χ1) is 9.20. The zero-order valence-corrected chi connectivity index (χ0v) is 10.8. The average molecular weight is 257 g/mol. The summed E-state index contributed by atoms with van der Waals surface area (Å²) in [5.41, 5.74) is 9.46. The molecule has 0 saturated carbocycles. The number of fused-ring (bicyclic) bond motifs is 1. The summed E-state index contributed by atoms with van der Waals surface area (Å²) in [6.07, 6.45) is 0.437. The fourth-order valence-electron chi connectivity index (χ4n) is 2.58. The number of nitrogens with two attached hydrogens (primary N) is 1. The minimum absolute atomic E-state index is 0.116. The van der Waals surface area contributed by atoms with E-state index in [1.54, 1.807) is 6.07 Å². The van der Waals surface area contributed by atoms with Gasteiger partial charge in [-0.2, -0.15) is 0 Å². The van der Waals surface area contributed by atoms with E-state index >= 15 is 0 Å². The highest BCUT2D eigenvalue weighted by Crippen LogP contribution is 2.40. The minimum Gasteiger partial charge on any atom is -0.488 e. The largest absolute Gasteiger partial charge is 0.488 e. The number of rotatable bonds is 2. The Bertz CT molecular complexity index is 624. The van der Waals surface area contributed by atoms with Crippen molar-refractivity contribution in [1.29, 1.82) is 0 Å². The summed E-state index contributed by atoms with van der Waals surface area (Å²) < 4.78 is 19.7. The van der Waals surface area contributed by atoms with Gasteiger partial charge in [-0.3, -0.25) is 0 Å². The lowest BCUT2D eigenvalue weighted by molar-refractivity contribution is 0.242. The van der Waals surface area contributed by atoms with Gasteiger partial charge < -0.3 is 10.5 Å². The lowest BCUT2D eigenvalue weighted by Gasteiger charge is -2.12. The summed E-state index contributed by atoms with van der Waals surface area (Å²) in [4.78, 5) is 0. The van der Waals surface area contributed by atoms with Crippen LogP contribution in [0.1, 0.15) is 11.1 Å². The molecule has 0 aliphatic carbocycles. The van der Waals surface area contributed by atoms with E-state index in [9.17, 15) is 4.39 Å². The molecule has 1 heterocycles. The second-order valence-corrected chi connectivity index (χ2v) is 4.90. The Morgan fingerprint density at radius 1 is 1.21 bits per heavy atom. The van der Waals surface area contributed by atoms with Gasteiger partial charge in [0.1, 0.15) is 17.7 Å². The molecule has 0 amide bonds. The Balaban J connectivity index is 2.16. The molecule has 0 fully saturated rings. The number of ether oxygens (including phenoxy) is 1. The van der Waals surface area contributed by atoms with Crippen LogP contribution in [0.3, 0.4) is 0 Å². The van der Waals surface area contributed by atoms with Crippen LogP contribution in [0.5, 0.6) is 5.75 Å². The van der Waals surface area contributed by atoms with Crippen molar-refractivity contribution in [3.8, 4) is 16.9 Å². The molecule has 0 saturated heterocycles. The van der Waals surface area contributed by atoms with Gasteiger partial charge in [0.05, 0.1) is 0 Å². The van der Waals surface area contributed by atoms with E-state index in [0.717, 1.165) is 16.7 Å². The molecule has 1 atom stereocenters. The molecule has 2 aromatic rings. The van der Waals surface area contributed by atoms with Gasteiger partial charge in [0.15, 0.2) is 0 Å². The Morgan fingerprint density at radius 2 is 2.00 bits per heavy atom. The molecular weight excluding hydrogens is 241 g/mol. The molecule has 0 bridgehead atoms. The van der Waals surface area contributed by atoms with Crippen molar-refractivity contribution in [1.82, 2.24) is 0 Å². The summed E-state index contributed by atoms with van der Waals surface area (Å²) in [5, 5.41) is 0. The lowest BCUT2D eigenvalue weighted by Crippen LogP contribution is -2.24. The predicted molar refractivity (Wildman–Crippen MR) is 73.7 cm³/mol. The standard InChI is InChI=1S/C16H16FNO/c1-10-4-2-3-5-12(10)13-6-7-15(17)14-8-11(9-18)19-16(13)14/h2-7,11H,8-9,18H2,1H3. The van der Waals surface area contributed by atoms with Crippen LogP contribution in [0.15, 0.2) is 36.4 Å². The highest BCUT2D eigenvalue weighted by atomic mass is 19.1. The number of benzene rings is 2. The van der Waals surface area contributed by atoms with E-state index in [1.807, 2.05) is 31.2 Å². The van der Waals surface area contributed by atoms with Crippen LogP contribution < -0.4 is 10.5 Å². The zero-order valence-electron chi connectivity index (χ0n) is 10.8. The molecule has 2 aromatic carbocycles. The highest BCUT2D eigenvalue weighted by molar-refractivity contribution is 5.75. The summed E-state index contributed by atoms with van der Waals surface area (Å²) in [6, 6.07) is 11.3. The van der Waals surface area contributed by atoms with Gasteiger partial charge in [0, 0.05) is 24.1 Å². The molecule has 3 rings (SSSR count). The Kier molecular flexibility index (Phi) is 2.99. The Hall–Kier alpha value is -1.87. The van der Waals surface area contributed by atoms with Crippen LogP contribution in [0.25, 0.3) is 11.1 Å². The van der Waals surface area contributed by atoms with Crippen LogP contribution in [-0.4, -0.2) is 12.6 Å². The minimum atomic E-state index is -0.205. The van der Waals surface area contributed by atoms with E-state index in [-0.39, 0.29) is 11.9 Å². The third-order valence-corrected chi connectivity index (χ3v) is 3.62. The van der Waals surface area contributed by atoms with Crippen molar-refractivity contribution >= 4 is 0 Å². The number of hydrogen-bond acceptors (Lipinski definition) is 2. The van der Waals surface area contributed by atoms with Crippen LogP contribution in [0, 0.1) is 12.7 Å². The maximum Gasteiger partial charge on any atom is 0.133 e. The van der Waals surface area contributed by atoms with Gasteiger partial charge in [0.2, 0.25) is 0 Å². The first-order valence-electron chi connectivity index (χ1n) is 6.45. The quantitative estimate of drug-likeness (QED) is 0.897. The third kappa shape index (κ3) is 2.00. The first kappa shape index (κ1) is 12.2. The fraction of sp³-hybridized carbons (Fsp3) is 0.250. The van der Waals surface area contributed by atoms with Crippen molar-refractivity contribution in [2.75, 3.05) is 6.54 Å². The van der Waals surface area contributed by atoms with Crippen molar-refractivity contribution in [2.24, 2.45) is 5.73 Å². The van der Waals surface area contributed by atoms with Gasteiger partial charge in [-0.25, -0.2) is 4.39 Å². The second-order valence-electron chi connectivity index (χ2n) is 4.90. The third-order valence-electron chi connectivity index (χ3n) is 3.62. The summed E-state index contributed by atoms with van der Waals surface area (Å²) >= 11 is 0. The Labute approximate surface area is 112 Å². The van der Waals surface area contributed by atoms with Crippen LogP contribution in [-0.2, 0) is 6.42 Å². The molecule has 2 N–H and O–H groups in total. The molecule has 1 unspecified atom stereocenters. The number of halogens is 1. The van der Waals surface area contributed by atoms with Crippen molar-refractivity contribution in [3.05, 3.63) is 53.3 Å². The summed E-state index contributed by atoms with van der Waals surface area (Å²) in [6.45, 7) is 2.45. The van der Waals surface area contributed by atoms with Crippen LogP contribution >= 0.6 is 0 Å². The number of hydrogen-bond donors (Lipinski definition) is 1. The van der Waals surface area contributed by atoms with E-state index < -0.39 is 0 Å². The molecule has 1 aliphatic heterocycles. The maximum absolute atomic E-state index is 13.9. The van der Waals surface area contributed by atoms with Crippen molar-refractivity contribution < 1.29 is 9.13 Å². The molecule has 3 heteroatoms. The molecule has 2 nitrogen and oxygen atoms in total. The molecule has 0 spiro atoms. The van der Waals surface area contributed by atoms with Gasteiger partial charge in [0.25, 0.3) is 0 Å². The van der Waals surface area contributed by atoms with Gasteiger partial charge >= 0.3 is 0 Å². The smallest absolute Gasteiger partial charge is 0.133 e. The monoisotopic (exact) mass is 257 g/mol. The zero-order chi connectivity index (χ0) is 13.4. The van der Waals surface area contributed by atoms with E-state index in [4.69, 9.17) is 10.5 Å². The molecule has 0 aromatic heterocycles. The molecule has 0 radical (unpaired) electrons. The van der Waals surface area contributed by atoms with E-state index in [1.165, 1.54) is 6.07 Å². The van der Waals surface area contributed by atoms with Crippen LogP contribution in [0.4, 0.5) is 4.39 Å². The number of aryl methyl sites for hydroxylation is 1. The summed E-state index contributed by atoms with van der Waals surface area (Å²) in [7, 11) is 0. The maximum atomic E-state index is 13.9. The highest BCUT2D eigenvalue weighted by Gasteiger charge is 2.28. The van der Waals surface area contributed by atoms with Crippen molar-refractivity contribution in [3.63, 3.8) is 0 Å². The van der Waals surface area contributed by atoms with E-state index in [0.29, 0.717) is 24.3 Å². The second kappa shape index (κ2) is 4.67. The van der Waals surface area contributed by atoms with Crippen LogP contribution in [0.2, 0.25) is 0 Å². The summed E-state index contributed by atoms with van der Waals surface area (Å²) in [5.74, 6) is 0.452. The molecular formula is C16H16FNO. The predicted octanol–water partition coefficient (Wildman–Crippen LogP) is 3.06. The van der Waals surface area contributed by atoms with E-state index in [2.05, 4.69) is 0 Å². The SMILES string of the molecule is Cc1ccccc1-c1ccc(F)c2c1OC(CN)C2. The average Bonchev–Trinajstić information content (AvgIpc) is 2.85. The molecule has 19 heavy (non-hydrogen) atoms. The van der Waals surface area contributed by atoms with Gasteiger partial charge in [-0.1, -0.05) is 24.3 Å². The normalized spacial score (nSPS) is 17.1.